The third kappa shape index (κ3) is 4.37. The molecule has 1 aromatic carbocycles. The van der Waals surface area contributed by atoms with Crippen molar-refractivity contribution in [2.45, 2.75) is 44.8 Å². The van der Waals surface area contributed by atoms with Gasteiger partial charge >= 0.3 is 0 Å². The first-order chi connectivity index (χ1) is 14.5. The highest BCUT2D eigenvalue weighted by molar-refractivity contribution is 9.11. The number of halogens is 1. The lowest BCUT2D eigenvalue weighted by molar-refractivity contribution is 0.0891. The molecule has 0 radical (unpaired) electrons. The van der Waals surface area contributed by atoms with Gasteiger partial charge in [0.1, 0.15) is 12.1 Å². The van der Waals surface area contributed by atoms with Crippen LogP contribution >= 0.6 is 27.3 Å². The molecule has 4 rings (SSSR count). The number of rotatable bonds is 7. The molecular formula is C21H22BrN3O4S. The second-order valence-electron chi connectivity index (χ2n) is 7.24. The molecule has 2 heterocycles. The third-order valence-electron chi connectivity index (χ3n) is 5.19. The zero-order chi connectivity index (χ0) is 21.1. The Morgan fingerprint density at radius 3 is 2.70 bits per heavy atom. The standard InChI is InChI=1S/C21H22BrN3O4S/c1-13-23-20(25-29-13)21(9-3-4-10-21)24-19(26)14-5-7-16(17(11-14)27-2)28-12-15-6-8-18(22)30-15/h5-8,11H,3-4,9-10,12H2,1-2H3,(H,24,26). The number of carbonyl (C=O) groups is 1. The van der Waals surface area contributed by atoms with Gasteiger partial charge in [0.05, 0.1) is 10.9 Å². The van der Waals surface area contributed by atoms with Crippen LogP contribution in [-0.4, -0.2) is 23.2 Å². The number of aryl methyl sites for hydroxylation is 1. The van der Waals surface area contributed by atoms with Gasteiger partial charge in [0.15, 0.2) is 17.3 Å². The summed E-state index contributed by atoms with van der Waals surface area (Å²) in [6.07, 6.45) is 3.57. The molecule has 7 nitrogen and oxygen atoms in total. The number of ether oxygens (including phenoxy) is 2. The van der Waals surface area contributed by atoms with E-state index in [4.69, 9.17) is 14.0 Å². The van der Waals surface area contributed by atoms with Gasteiger partial charge in [0.25, 0.3) is 5.91 Å². The van der Waals surface area contributed by atoms with Crippen LogP contribution in [0, 0.1) is 6.92 Å². The summed E-state index contributed by atoms with van der Waals surface area (Å²) in [4.78, 5) is 18.5. The minimum atomic E-state index is -0.593. The van der Waals surface area contributed by atoms with E-state index in [1.807, 2.05) is 12.1 Å². The highest BCUT2D eigenvalue weighted by Gasteiger charge is 2.41. The van der Waals surface area contributed by atoms with Crippen molar-refractivity contribution in [2.75, 3.05) is 7.11 Å². The Morgan fingerprint density at radius 1 is 1.27 bits per heavy atom. The van der Waals surface area contributed by atoms with Gasteiger partial charge in [-0.25, -0.2) is 0 Å². The minimum Gasteiger partial charge on any atom is -0.493 e. The first-order valence-electron chi connectivity index (χ1n) is 9.67. The number of thiophene rings is 1. The summed E-state index contributed by atoms with van der Waals surface area (Å²) in [5.74, 6) is 1.93. The topological polar surface area (TPSA) is 86.5 Å². The average Bonchev–Trinajstić information content (AvgIpc) is 3.48. The molecule has 0 unspecified atom stereocenters. The Hall–Kier alpha value is -2.39. The zero-order valence-electron chi connectivity index (χ0n) is 16.7. The van der Waals surface area contributed by atoms with E-state index in [1.165, 1.54) is 0 Å². The predicted octanol–water partition coefficient (Wildman–Crippen LogP) is 4.99. The van der Waals surface area contributed by atoms with Crippen LogP contribution in [-0.2, 0) is 12.1 Å². The number of amides is 1. The van der Waals surface area contributed by atoms with Crippen LogP contribution in [0.2, 0.25) is 0 Å². The highest BCUT2D eigenvalue weighted by atomic mass is 79.9. The molecular weight excluding hydrogens is 470 g/mol. The van der Waals surface area contributed by atoms with E-state index in [2.05, 4.69) is 31.4 Å². The molecule has 1 aliphatic rings. The van der Waals surface area contributed by atoms with Crippen molar-refractivity contribution in [1.29, 1.82) is 0 Å². The summed E-state index contributed by atoms with van der Waals surface area (Å²) in [7, 11) is 1.56. The van der Waals surface area contributed by atoms with Gasteiger partial charge in [0.2, 0.25) is 5.89 Å². The number of aromatic nitrogens is 2. The number of methoxy groups -OCH3 is 1. The number of nitrogens with zero attached hydrogens (tertiary/aromatic N) is 2. The average molecular weight is 492 g/mol. The summed E-state index contributed by atoms with van der Waals surface area (Å²) >= 11 is 5.06. The molecule has 0 aliphatic heterocycles. The summed E-state index contributed by atoms with van der Waals surface area (Å²) < 4.78 is 17.6. The van der Waals surface area contributed by atoms with Crippen molar-refractivity contribution < 1.29 is 18.8 Å². The molecule has 1 amide bonds. The van der Waals surface area contributed by atoms with Crippen LogP contribution in [0.15, 0.2) is 38.6 Å². The fourth-order valence-corrected chi connectivity index (χ4v) is 5.07. The number of hydrogen-bond donors (Lipinski definition) is 1. The summed E-state index contributed by atoms with van der Waals surface area (Å²) in [6.45, 7) is 2.18. The molecule has 1 saturated carbocycles. The van der Waals surface area contributed by atoms with Crippen LogP contribution in [0.3, 0.4) is 0 Å². The molecule has 3 aromatic rings. The lowest BCUT2D eigenvalue weighted by atomic mass is 9.96. The monoisotopic (exact) mass is 491 g/mol. The zero-order valence-corrected chi connectivity index (χ0v) is 19.1. The van der Waals surface area contributed by atoms with Crippen LogP contribution in [0.4, 0.5) is 0 Å². The lowest BCUT2D eigenvalue weighted by Crippen LogP contribution is -2.44. The van der Waals surface area contributed by atoms with Crippen molar-refractivity contribution in [2.24, 2.45) is 0 Å². The molecule has 0 bridgehead atoms. The second kappa shape index (κ2) is 8.77. The fraction of sp³-hybridized carbons (Fsp3) is 0.381. The van der Waals surface area contributed by atoms with E-state index in [1.54, 1.807) is 43.6 Å². The maximum Gasteiger partial charge on any atom is 0.252 e. The van der Waals surface area contributed by atoms with Crippen LogP contribution in [0.25, 0.3) is 0 Å². The molecule has 9 heteroatoms. The SMILES string of the molecule is COc1cc(C(=O)NC2(c3noc(C)n3)CCCC2)ccc1OCc1ccc(Br)s1. The van der Waals surface area contributed by atoms with Crippen LogP contribution in [0.1, 0.15) is 52.6 Å². The Balaban J connectivity index is 1.50. The predicted molar refractivity (Wildman–Crippen MR) is 116 cm³/mol. The van der Waals surface area contributed by atoms with Gasteiger partial charge in [-0.2, -0.15) is 4.98 Å². The molecule has 30 heavy (non-hydrogen) atoms. The summed E-state index contributed by atoms with van der Waals surface area (Å²) in [6, 6.07) is 9.18. The lowest BCUT2D eigenvalue weighted by Gasteiger charge is -2.27. The molecule has 1 aliphatic carbocycles. The van der Waals surface area contributed by atoms with Crippen molar-refractivity contribution in [1.82, 2.24) is 15.5 Å². The Kier molecular flexibility index (Phi) is 6.10. The summed E-state index contributed by atoms with van der Waals surface area (Å²) in [5, 5.41) is 7.22. The van der Waals surface area contributed by atoms with Crippen molar-refractivity contribution >= 4 is 33.2 Å². The summed E-state index contributed by atoms with van der Waals surface area (Å²) in [5.41, 5.74) is -0.103. The molecule has 158 valence electrons. The van der Waals surface area contributed by atoms with Crippen LogP contribution < -0.4 is 14.8 Å². The van der Waals surface area contributed by atoms with Gasteiger partial charge in [-0.1, -0.05) is 18.0 Å². The number of hydrogen-bond acceptors (Lipinski definition) is 7. The maximum atomic E-state index is 13.1. The van der Waals surface area contributed by atoms with Gasteiger partial charge in [-0.15, -0.1) is 11.3 Å². The van der Waals surface area contributed by atoms with Gasteiger partial charge in [-0.05, 0) is 59.1 Å². The molecule has 0 atom stereocenters. The van der Waals surface area contributed by atoms with Crippen molar-refractivity contribution in [3.05, 3.63) is 56.3 Å². The Morgan fingerprint density at radius 2 is 2.07 bits per heavy atom. The van der Waals surface area contributed by atoms with E-state index in [-0.39, 0.29) is 5.91 Å². The number of benzene rings is 1. The molecule has 1 fully saturated rings. The van der Waals surface area contributed by atoms with E-state index < -0.39 is 5.54 Å². The fourth-order valence-electron chi connectivity index (χ4n) is 3.67. The van der Waals surface area contributed by atoms with Gasteiger partial charge < -0.3 is 19.3 Å². The third-order valence-corrected chi connectivity index (χ3v) is 6.79. The Labute approximate surface area is 186 Å². The highest BCUT2D eigenvalue weighted by Crippen LogP contribution is 2.38. The minimum absolute atomic E-state index is 0.202. The molecule has 1 N–H and O–H groups in total. The first-order valence-corrected chi connectivity index (χ1v) is 11.3. The van der Waals surface area contributed by atoms with E-state index >= 15 is 0 Å². The second-order valence-corrected chi connectivity index (χ2v) is 9.79. The van der Waals surface area contributed by atoms with E-state index in [0.29, 0.717) is 35.4 Å². The largest absolute Gasteiger partial charge is 0.493 e. The number of carbonyl (C=O) groups excluding carboxylic acids is 1. The van der Waals surface area contributed by atoms with Gasteiger partial charge in [0, 0.05) is 17.4 Å². The van der Waals surface area contributed by atoms with Gasteiger partial charge in [-0.3, -0.25) is 4.79 Å². The van der Waals surface area contributed by atoms with Crippen molar-refractivity contribution in [3.63, 3.8) is 0 Å². The smallest absolute Gasteiger partial charge is 0.252 e. The quantitative estimate of drug-likeness (QED) is 0.500. The van der Waals surface area contributed by atoms with Crippen LogP contribution in [0.5, 0.6) is 11.5 Å². The molecule has 0 saturated heterocycles. The first kappa shape index (κ1) is 20.9. The van der Waals surface area contributed by atoms with Crippen molar-refractivity contribution in [3.8, 4) is 11.5 Å². The van der Waals surface area contributed by atoms with E-state index in [0.717, 1.165) is 34.3 Å². The van der Waals surface area contributed by atoms with E-state index in [9.17, 15) is 4.79 Å². The number of nitrogens with one attached hydrogen (secondary N) is 1. The Bertz CT molecular complexity index is 1040. The maximum absolute atomic E-state index is 13.1. The normalized spacial score (nSPS) is 15.2. The molecule has 0 spiro atoms. The molecule has 2 aromatic heterocycles.